The largest absolute Gasteiger partial charge is 0.469 e. The molecule has 4 nitrogen and oxygen atoms in total. The van der Waals surface area contributed by atoms with Crippen molar-refractivity contribution >= 4 is 5.91 Å². The first-order valence-corrected chi connectivity index (χ1v) is 5.75. The van der Waals surface area contributed by atoms with Crippen molar-refractivity contribution in [3.8, 4) is 0 Å². The average Bonchev–Trinajstić information content (AvgIpc) is 3.00. The highest BCUT2D eigenvalue weighted by Gasteiger charge is 2.24. The van der Waals surface area contributed by atoms with E-state index in [-0.39, 0.29) is 11.9 Å². The highest BCUT2D eigenvalue weighted by atomic mass is 16.3. The van der Waals surface area contributed by atoms with Gasteiger partial charge in [-0.25, -0.2) is 0 Å². The molecule has 88 valence electrons. The van der Waals surface area contributed by atoms with Gasteiger partial charge in [0.15, 0.2) is 5.76 Å². The van der Waals surface area contributed by atoms with Crippen LogP contribution >= 0.6 is 0 Å². The SMILES string of the molecule is O=C(N[C@H]1CCCc2occc21)c1ccco1. The van der Waals surface area contributed by atoms with Crippen molar-refractivity contribution in [2.45, 2.75) is 25.3 Å². The van der Waals surface area contributed by atoms with Crippen molar-refractivity contribution in [3.63, 3.8) is 0 Å². The fourth-order valence-corrected chi connectivity index (χ4v) is 2.27. The van der Waals surface area contributed by atoms with Gasteiger partial charge in [0.1, 0.15) is 5.76 Å². The number of hydrogen-bond donors (Lipinski definition) is 1. The van der Waals surface area contributed by atoms with Gasteiger partial charge >= 0.3 is 0 Å². The molecular weight excluding hydrogens is 218 g/mol. The molecule has 1 aliphatic carbocycles. The fourth-order valence-electron chi connectivity index (χ4n) is 2.27. The van der Waals surface area contributed by atoms with Gasteiger partial charge in [0.25, 0.3) is 5.91 Å². The van der Waals surface area contributed by atoms with E-state index in [9.17, 15) is 4.79 Å². The number of rotatable bonds is 2. The molecule has 1 atom stereocenters. The van der Waals surface area contributed by atoms with E-state index < -0.39 is 0 Å². The molecule has 0 aliphatic heterocycles. The van der Waals surface area contributed by atoms with Crippen LogP contribution in [0, 0.1) is 0 Å². The third kappa shape index (κ3) is 1.86. The molecule has 17 heavy (non-hydrogen) atoms. The van der Waals surface area contributed by atoms with Crippen molar-refractivity contribution in [1.82, 2.24) is 5.32 Å². The van der Waals surface area contributed by atoms with E-state index >= 15 is 0 Å². The Kier molecular flexibility index (Phi) is 2.48. The van der Waals surface area contributed by atoms with Crippen LogP contribution in [0.2, 0.25) is 0 Å². The summed E-state index contributed by atoms with van der Waals surface area (Å²) in [5.74, 6) is 1.16. The van der Waals surface area contributed by atoms with Gasteiger partial charge in [0, 0.05) is 12.0 Å². The topological polar surface area (TPSA) is 55.4 Å². The number of furan rings is 2. The smallest absolute Gasteiger partial charge is 0.287 e. The first-order chi connectivity index (χ1) is 8.34. The molecule has 1 amide bonds. The highest BCUT2D eigenvalue weighted by Crippen LogP contribution is 2.30. The van der Waals surface area contributed by atoms with E-state index in [0.29, 0.717) is 5.76 Å². The maximum Gasteiger partial charge on any atom is 0.287 e. The normalized spacial score (nSPS) is 18.7. The van der Waals surface area contributed by atoms with Gasteiger partial charge in [-0.05, 0) is 31.0 Å². The van der Waals surface area contributed by atoms with E-state index in [1.165, 1.54) is 6.26 Å². The molecule has 0 saturated carbocycles. The molecule has 1 N–H and O–H groups in total. The molecular formula is C13H13NO3. The van der Waals surface area contributed by atoms with Crippen molar-refractivity contribution in [3.05, 3.63) is 47.8 Å². The van der Waals surface area contributed by atoms with Crippen LogP contribution in [0.4, 0.5) is 0 Å². The van der Waals surface area contributed by atoms with Crippen LogP contribution in [-0.2, 0) is 6.42 Å². The molecule has 4 heteroatoms. The van der Waals surface area contributed by atoms with Crippen LogP contribution in [0.15, 0.2) is 39.6 Å². The fraction of sp³-hybridized carbons (Fsp3) is 0.308. The van der Waals surface area contributed by atoms with Crippen LogP contribution in [0.5, 0.6) is 0 Å². The zero-order valence-electron chi connectivity index (χ0n) is 9.31. The molecule has 0 bridgehead atoms. The van der Waals surface area contributed by atoms with Gasteiger partial charge in [-0.1, -0.05) is 0 Å². The lowest BCUT2D eigenvalue weighted by Crippen LogP contribution is -2.30. The zero-order chi connectivity index (χ0) is 11.7. The minimum atomic E-state index is -0.172. The Bertz CT molecular complexity index is 513. The van der Waals surface area contributed by atoms with Crippen LogP contribution < -0.4 is 5.32 Å². The lowest BCUT2D eigenvalue weighted by molar-refractivity contribution is 0.0904. The van der Waals surface area contributed by atoms with Crippen LogP contribution in [-0.4, -0.2) is 5.91 Å². The van der Waals surface area contributed by atoms with Crippen LogP contribution in [0.25, 0.3) is 0 Å². The summed E-state index contributed by atoms with van der Waals surface area (Å²) in [5, 5.41) is 2.97. The number of nitrogens with one attached hydrogen (secondary N) is 1. The molecule has 0 unspecified atom stereocenters. The number of amides is 1. The minimum absolute atomic E-state index is 0.0371. The first-order valence-electron chi connectivity index (χ1n) is 5.75. The summed E-state index contributed by atoms with van der Waals surface area (Å²) in [6.45, 7) is 0. The number of carbonyl (C=O) groups is 1. The highest BCUT2D eigenvalue weighted by molar-refractivity contribution is 5.91. The van der Waals surface area contributed by atoms with Crippen molar-refractivity contribution < 1.29 is 13.6 Å². The van der Waals surface area contributed by atoms with Gasteiger partial charge in [0.2, 0.25) is 0 Å². The average molecular weight is 231 g/mol. The summed E-state index contributed by atoms with van der Waals surface area (Å²) < 4.78 is 10.5. The molecule has 2 heterocycles. The second-order valence-electron chi connectivity index (χ2n) is 4.19. The second-order valence-corrected chi connectivity index (χ2v) is 4.19. The van der Waals surface area contributed by atoms with Crippen LogP contribution in [0.1, 0.15) is 40.8 Å². The van der Waals surface area contributed by atoms with Gasteiger partial charge in [-0.15, -0.1) is 0 Å². The van der Waals surface area contributed by atoms with Crippen molar-refractivity contribution in [2.75, 3.05) is 0 Å². The Morgan fingerprint density at radius 1 is 1.29 bits per heavy atom. The Balaban J connectivity index is 1.77. The maximum atomic E-state index is 11.9. The first kappa shape index (κ1) is 10.2. The molecule has 0 fully saturated rings. The maximum absolute atomic E-state index is 11.9. The summed E-state index contributed by atoms with van der Waals surface area (Å²) in [7, 11) is 0. The Hall–Kier alpha value is -1.97. The number of hydrogen-bond acceptors (Lipinski definition) is 3. The van der Waals surface area contributed by atoms with Crippen molar-refractivity contribution in [2.24, 2.45) is 0 Å². The molecule has 2 aromatic heterocycles. The Morgan fingerprint density at radius 3 is 3.06 bits per heavy atom. The predicted octanol–water partition coefficient (Wildman–Crippen LogP) is 2.68. The molecule has 0 radical (unpaired) electrons. The summed E-state index contributed by atoms with van der Waals surface area (Å²) in [6.07, 6.45) is 6.11. The van der Waals surface area contributed by atoms with Gasteiger partial charge in [-0.2, -0.15) is 0 Å². The number of aryl methyl sites for hydroxylation is 1. The summed E-state index contributed by atoms with van der Waals surface area (Å²) in [4.78, 5) is 11.9. The Morgan fingerprint density at radius 2 is 2.24 bits per heavy atom. The third-order valence-electron chi connectivity index (χ3n) is 3.10. The number of fused-ring (bicyclic) bond motifs is 1. The van der Waals surface area contributed by atoms with E-state index in [1.807, 2.05) is 6.07 Å². The van der Waals surface area contributed by atoms with E-state index in [0.717, 1.165) is 30.6 Å². The predicted molar refractivity (Wildman–Crippen MR) is 60.6 cm³/mol. The third-order valence-corrected chi connectivity index (χ3v) is 3.10. The number of carbonyl (C=O) groups excluding carboxylic acids is 1. The molecule has 1 aliphatic rings. The quantitative estimate of drug-likeness (QED) is 0.864. The molecule has 2 aromatic rings. The van der Waals surface area contributed by atoms with Crippen molar-refractivity contribution in [1.29, 1.82) is 0 Å². The molecule has 0 saturated heterocycles. The van der Waals surface area contributed by atoms with E-state index in [2.05, 4.69) is 5.32 Å². The summed E-state index contributed by atoms with van der Waals surface area (Å²) in [5.41, 5.74) is 1.09. The summed E-state index contributed by atoms with van der Waals surface area (Å²) >= 11 is 0. The van der Waals surface area contributed by atoms with Gasteiger partial charge < -0.3 is 14.2 Å². The van der Waals surface area contributed by atoms with Gasteiger partial charge in [-0.3, -0.25) is 4.79 Å². The van der Waals surface area contributed by atoms with E-state index in [4.69, 9.17) is 8.83 Å². The minimum Gasteiger partial charge on any atom is -0.469 e. The zero-order valence-corrected chi connectivity index (χ0v) is 9.31. The Labute approximate surface area is 98.6 Å². The lowest BCUT2D eigenvalue weighted by atomic mass is 9.93. The van der Waals surface area contributed by atoms with E-state index in [1.54, 1.807) is 18.4 Å². The second kappa shape index (κ2) is 4.13. The van der Waals surface area contributed by atoms with Crippen LogP contribution in [0.3, 0.4) is 0 Å². The molecule has 3 rings (SSSR count). The monoisotopic (exact) mass is 231 g/mol. The standard InChI is InChI=1S/C13H13NO3/c15-13(12-5-2-7-16-12)14-10-3-1-4-11-9(10)6-8-17-11/h2,5-8,10H,1,3-4H2,(H,14,15)/t10-/m0/s1. The molecule has 0 aromatic carbocycles. The summed E-state index contributed by atoms with van der Waals surface area (Å²) in [6, 6.07) is 5.34. The molecule has 0 spiro atoms. The van der Waals surface area contributed by atoms with Gasteiger partial charge in [0.05, 0.1) is 18.6 Å². The lowest BCUT2D eigenvalue weighted by Gasteiger charge is -2.22.